The van der Waals surface area contributed by atoms with Gasteiger partial charge in [-0.15, -0.1) is 10.2 Å². The molecule has 1 aliphatic rings. The van der Waals surface area contributed by atoms with Gasteiger partial charge in [0, 0.05) is 5.92 Å². The van der Waals surface area contributed by atoms with Gasteiger partial charge in [0.05, 0.1) is 11.3 Å². The van der Waals surface area contributed by atoms with Crippen molar-refractivity contribution in [3.05, 3.63) is 47.0 Å². The zero-order valence-corrected chi connectivity index (χ0v) is 15.1. The standard InChI is InChI=1S/C19H18N4O2S/c1-2-16-22-23-19(26-16)21-18(25)14-9-12-5-3-4-6-13(12)10-15(14)20-17(24)11-7-8-11/h3-6,9-11H,2,7-8H2,1H3,(H,20,24)(H,21,23,25). The van der Waals surface area contributed by atoms with Gasteiger partial charge in [0.1, 0.15) is 5.01 Å². The first-order valence-electron chi connectivity index (χ1n) is 8.61. The Bertz CT molecular complexity index is 994. The van der Waals surface area contributed by atoms with E-state index >= 15 is 0 Å². The fourth-order valence-electron chi connectivity index (χ4n) is 2.72. The predicted molar refractivity (Wildman–Crippen MR) is 103 cm³/mol. The highest BCUT2D eigenvalue weighted by Gasteiger charge is 2.30. The molecule has 2 N–H and O–H groups in total. The number of carbonyl (C=O) groups is 2. The Kier molecular flexibility index (Phi) is 4.38. The predicted octanol–water partition coefficient (Wildman–Crippen LogP) is 3.85. The first-order valence-corrected chi connectivity index (χ1v) is 9.43. The second-order valence-corrected chi connectivity index (χ2v) is 7.38. The Morgan fingerprint density at radius 3 is 2.50 bits per heavy atom. The van der Waals surface area contributed by atoms with Gasteiger partial charge in [0.2, 0.25) is 11.0 Å². The molecule has 2 amide bonds. The van der Waals surface area contributed by atoms with Gasteiger partial charge in [-0.1, -0.05) is 42.5 Å². The van der Waals surface area contributed by atoms with Gasteiger partial charge in [-0.2, -0.15) is 0 Å². The molecule has 7 heteroatoms. The number of benzene rings is 2. The molecule has 0 saturated heterocycles. The van der Waals surface area contributed by atoms with Gasteiger partial charge in [-0.05, 0) is 42.2 Å². The number of rotatable bonds is 5. The maximum atomic E-state index is 12.8. The second-order valence-electron chi connectivity index (χ2n) is 6.32. The van der Waals surface area contributed by atoms with E-state index in [4.69, 9.17) is 0 Å². The molecule has 0 atom stereocenters. The molecule has 0 unspecified atom stereocenters. The van der Waals surface area contributed by atoms with Gasteiger partial charge in [-0.3, -0.25) is 14.9 Å². The maximum absolute atomic E-state index is 12.8. The van der Waals surface area contributed by atoms with E-state index in [-0.39, 0.29) is 17.7 Å². The second kappa shape index (κ2) is 6.84. The molecule has 1 aromatic heterocycles. The first kappa shape index (κ1) is 16.7. The zero-order chi connectivity index (χ0) is 18.1. The summed E-state index contributed by atoms with van der Waals surface area (Å²) in [5, 5.41) is 16.9. The third-order valence-corrected chi connectivity index (χ3v) is 5.31. The molecule has 0 bridgehead atoms. The Hall–Kier alpha value is -2.80. The van der Waals surface area contributed by atoms with E-state index in [0.29, 0.717) is 16.4 Å². The highest BCUT2D eigenvalue weighted by Crippen LogP contribution is 2.32. The molecule has 6 nitrogen and oxygen atoms in total. The van der Waals surface area contributed by atoms with E-state index in [2.05, 4.69) is 20.8 Å². The normalized spacial score (nSPS) is 13.6. The van der Waals surface area contributed by atoms with Gasteiger partial charge in [0.15, 0.2) is 0 Å². The molecule has 3 aromatic rings. The SMILES string of the molecule is CCc1nnc(NC(=O)c2cc3ccccc3cc2NC(=O)C2CC2)s1. The first-order chi connectivity index (χ1) is 12.6. The number of nitrogens with one attached hydrogen (secondary N) is 2. The van der Waals surface area contributed by atoms with Crippen LogP contribution in [0.4, 0.5) is 10.8 Å². The Morgan fingerprint density at radius 2 is 1.85 bits per heavy atom. The number of aryl methyl sites for hydroxylation is 1. The van der Waals surface area contributed by atoms with E-state index < -0.39 is 0 Å². The van der Waals surface area contributed by atoms with E-state index in [1.54, 1.807) is 6.07 Å². The highest BCUT2D eigenvalue weighted by molar-refractivity contribution is 7.15. The minimum absolute atomic E-state index is 0.0292. The smallest absolute Gasteiger partial charge is 0.259 e. The van der Waals surface area contributed by atoms with Gasteiger partial charge in [-0.25, -0.2) is 0 Å². The average molecular weight is 366 g/mol. The summed E-state index contributed by atoms with van der Waals surface area (Å²) in [6.45, 7) is 1.99. The summed E-state index contributed by atoms with van der Waals surface area (Å²) < 4.78 is 0. The molecule has 1 heterocycles. The summed E-state index contributed by atoms with van der Waals surface area (Å²) in [4.78, 5) is 25.0. The van der Waals surface area contributed by atoms with E-state index in [9.17, 15) is 9.59 Å². The van der Waals surface area contributed by atoms with Crippen molar-refractivity contribution in [3.63, 3.8) is 0 Å². The molecule has 4 rings (SSSR count). The fraction of sp³-hybridized carbons (Fsp3) is 0.263. The van der Waals surface area contributed by atoms with Crippen LogP contribution in [0.5, 0.6) is 0 Å². The number of aromatic nitrogens is 2. The van der Waals surface area contributed by atoms with Gasteiger partial charge in [0.25, 0.3) is 5.91 Å². The van der Waals surface area contributed by atoms with Crippen LogP contribution in [0.2, 0.25) is 0 Å². The quantitative estimate of drug-likeness (QED) is 0.718. The van der Waals surface area contributed by atoms with E-state index in [0.717, 1.165) is 35.0 Å². The summed E-state index contributed by atoms with van der Waals surface area (Å²) in [6, 6.07) is 11.4. The molecule has 2 aromatic carbocycles. The fourth-order valence-corrected chi connectivity index (χ4v) is 3.40. The summed E-state index contributed by atoms with van der Waals surface area (Å²) in [6.07, 6.45) is 2.59. The monoisotopic (exact) mass is 366 g/mol. The van der Waals surface area contributed by atoms with Crippen LogP contribution in [-0.4, -0.2) is 22.0 Å². The van der Waals surface area contributed by atoms with E-state index in [1.807, 2.05) is 37.3 Å². The van der Waals surface area contributed by atoms with Gasteiger partial charge < -0.3 is 5.32 Å². The van der Waals surface area contributed by atoms with Crippen molar-refractivity contribution in [1.29, 1.82) is 0 Å². The molecule has 0 spiro atoms. The van der Waals surface area contributed by atoms with Gasteiger partial charge >= 0.3 is 0 Å². The van der Waals surface area contributed by atoms with Crippen LogP contribution in [0.3, 0.4) is 0 Å². The Labute approximate surface area is 154 Å². The van der Waals surface area contributed by atoms with Crippen molar-refractivity contribution in [2.24, 2.45) is 5.92 Å². The lowest BCUT2D eigenvalue weighted by Crippen LogP contribution is -2.19. The molecule has 132 valence electrons. The zero-order valence-electron chi connectivity index (χ0n) is 14.3. The summed E-state index contributed by atoms with van der Waals surface area (Å²) in [5.41, 5.74) is 0.948. The van der Waals surface area contributed by atoms with Crippen molar-refractivity contribution in [1.82, 2.24) is 10.2 Å². The van der Waals surface area contributed by atoms with Crippen LogP contribution in [0.1, 0.15) is 35.1 Å². The number of amides is 2. The molecule has 1 saturated carbocycles. The molecular formula is C19H18N4O2S. The average Bonchev–Trinajstić information content (AvgIpc) is 3.41. The van der Waals surface area contributed by atoms with Crippen LogP contribution >= 0.6 is 11.3 Å². The van der Waals surface area contributed by atoms with Crippen LogP contribution < -0.4 is 10.6 Å². The number of fused-ring (bicyclic) bond motifs is 1. The van der Waals surface area contributed by atoms with Crippen LogP contribution in [0, 0.1) is 5.92 Å². The van der Waals surface area contributed by atoms with Crippen molar-refractivity contribution in [2.45, 2.75) is 26.2 Å². The van der Waals surface area contributed by atoms with Crippen LogP contribution in [-0.2, 0) is 11.2 Å². The molecule has 1 aliphatic carbocycles. The van der Waals surface area contributed by atoms with Crippen molar-refractivity contribution >= 4 is 44.7 Å². The summed E-state index contributed by atoms with van der Waals surface area (Å²) in [7, 11) is 0. The summed E-state index contributed by atoms with van der Waals surface area (Å²) in [5.74, 6) is -0.271. The van der Waals surface area contributed by atoms with Crippen molar-refractivity contribution in [3.8, 4) is 0 Å². The largest absolute Gasteiger partial charge is 0.325 e. The van der Waals surface area contributed by atoms with Crippen LogP contribution in [0.15, 0.2) is 36.4 Å². The lowest BCUT2D eigenvalue weighted by atomic mass is 10.0. The lowest BCUT2D eigenvalue weighted by Gasteiger charge is -2.12. The molecular weight excluding hydrogens is 348 g/mol. The highest BCUT2D eigenvalue weighted by atomic mass is 32.1. The lowest BCUT2D eigenvalue weighted by molar-refractivity contribution is -0.117. The van der Waals surface area contributed by atoms with Crippen molar-refractivity contribution < 1.29 is 9.59 Å². The minimum Gasteiger partial charge on any atom is -0.325 e. The number of hydrogen-bond acceptors (Lipinski definition) is 5. The topological polar surface area (TPSA) is 84.0 Å². The summed E-state index contributed by atoms with van der Waals surface area (Å²) >= 11 is 1.35. The van der Waals surface area contributed by atoms with E-state index in [1.165, 1.54) is 11.3 Å². The molecule has 0 radical (unpaired) electrons. The number of hydrogen-bond donors (Lipinski definition) is 2. The third-order valence-electron chi connectivity index (χ3n) is 4.33. The number of nitrogens with zero attached hydrogens (tertiary/aromatic N) is 2. The number of carbonyl (C=O) groups excluding carboxylic acids is 2. The minimum atomic E-state index is -0.305. The maximum Gasteiger partial charge on any atom is 0.259 e. The Morgan fingerprint density at radius 1 is 1.12 bits per heavy atom. The molecule has 26 heavy (non-hydrogen) atoms. The Balaban J connectivity index is 1.68. The molecule has 0 aliphatic heterocycles. The number of anilines is 2. The third kappa shape index (κ3) is 3.43. The van der Waals surface area contributed by atoms with Crippen molar-refractivity contribution in [2.75, 3.05) is 10.6 Å². The molecule has 1 fully saturated rings. The van der Waals surface area contributed by atoms with Crippen LogP contribution in [0.25, 0.3) is 10.8 Å².